The van der Waals surface area contributed by atoms with Crippen molar-refractivity contribution < 1.29 is 4.79 Å². The molecule has 0 N–H and O–H groups in total. The largest absolute Gasteiger partial charge is 0.303 e. The van der Waals surface area contributed by atoms with Crippen LogP contribution in [0.4, 0.5) is 0 Å². The van der Waals surface area contributed by atoms with Gasteiger partial charge in [0, 0.05) is 18.9 Å². The zero-order valence-corrected chi connectivity index (χ0v) is 13.1. The molecule has 2 aliphatic rings. The third kappa shape index (κ3) is 3.81. The molecule has 2 fully saturated rings. The summed E-state index contributed by atoms with van der Waals surface area (Å²) in [4.78, 5) is 14.6. The Bertz CT molecular complexity index is 304. The van der Waals surface area contributed by atoms with Gasteiger partial charge >= 0.3 is 0 Å². The Morgan fingerprint density at radius 1 is 1.26 bits per heavy atom. The Morgan fingerprint density at radius 3 is 2.53 bits per heavy atom. The smallest absolute Gasteiger partial charge is 0.137 e. The van der Waals surface area contributed by atoms with Crippen LogP contribution in [0.2, 0.25) is 0 Å². The van der Waals surface area contributed by atoms with Gasteiger partial charge in [-0.15, -0.1) is 0 Å². The van der Waals surface area contributed by atoms with Crippen molar-refractivity contribution in [3.63, 3.8) is 0 Å². The molecular weight excluding hydrogens is 234 g/mol. The molecule has 19 heavy (non-hydrogen) atoms. The molecule has 0 amide bonds. The van der Waals surface area contributed by atoms with Gasteiger partial charge < -0.3 is 4.90 Å². The van der Waals surface area contributed by atoms with Crippen molar-refractivity contribution in [3.8, 4) is 0 Å². The average molecular weight is 265 g/mol. The number of ketones is 1. The lowest BCUT2D eigenvalue weighted by Gasteiger charge is -2.41. The number of rotatable bonds is 4. The average Bonchev–Trinajstić information content (AvgIpc) is 2.44. The van der Waals surface area contributed by atoms with Crippen LogP contribution in [0.15, 0.2) is 0 Å². The van der Waals surface area contributed by atoms with E-state index in [2.05, 4.69) is 25.7 Å². The van der Waals surface area contributed by atoms with E-state index in [1.807, 2.05) is 0 Å². The molecule has 1 saturated carbocycles. The van der Waals surface area contributed by atoms with Crippen molar-refractivity contribution in [1.82, 2.24) is 4.90 Å². The van der Waals surface area contributed by atoms with Crippen LogP contribution in [-0.4, -0.2) is 30.3 Å². The maximum atomic E-state index is 12.1. The number of carbonyl (C=O) groups excluding carboxylic acids is 1. The predicted molar refractivity (Wildman–Crippen MR) is 80.2 cm³/mol. The lowest BCUT2D eigenvalue weighted by atomic mass is 9.76. The summed E-state index contributed by atoms with van der Waals surface area (Å²) in [5.74, 6) is 1.67. The van der Waals surface area contributed by atoms with Gasteiger partial charge in [0.25, 0.3) is 0 Å². The molecule has 0 bridgehead atoms. The first kappa shape index (κ1) is 15.0. The van der Waals surface area contributed by atoms with Crippen LogP contribution in [0.25, 0.3) is 0 Å². The lowest BCUT2D eigenvalue weighted by molar-refractivity contribution is -0.126. The fourth-order valence-electron chi connectivity index (χ4n) is 3.69. The lowest BCUT2D eigenvalue weighted by Crippen LogP contribution is -2.43. The summed E-state index contributed by atoms with van der Waals surface area (Å²) in [7, 11) is 0. The highest BCUT2D eigenvalue weighted by atomic mass is 16.1. The highest BCUT2D eigenvalue weighted by Gasteiger charge is 2.32. The Hall–Kier alpha value is -0.370. The molecule has 2 heteroatoms. The Morgan fingerprint density at radius 2 is 1.95 bits per heavy atom. The van der Waals surface area contributed by atoms with Crippen LogP contribution in [-0.2, 0) is 4.79 Å². The minimum absolute atomic E-state index is 0.338. The Balaban J connectivity index is 1.83. The van der Waals surface area contributed by atoms with E-state index in [9.17, 15) is 4.79 Å². The van der Waals surface area contributed by atoms with Crippen molar-refractivity contribution in [2.75, 3.05) is 19.6 Å². The molecule has 0 aromatic rings. The molecule has 0 aromatic heterocycles. The molecule has 110 valence electrons. The van der Waals surface area contributed by atoms with Crippen molar-refractivity contribution in [2.45, 2.75) is 65.7 Å². The zero-order chi connectivity index (χ0) is 13.9. The van der Waals surface area contributed by atoms with Gasteiger partial charge in [0.15, 0.2) is 0 Å². The molecule has 2 atom stereocenters. The van der Waals surface area contributed by atoms with Crippen molar-refractivity contribution in [2.24, 2.45) is 17.3 Å². The highest BCUT2D eigenvalue weighted by molar-refractivity contribution is 5.81. The maximum Gasteiger partial charge on any atom is 0.137 e. The van der Waals surface area contributed by atoms with E-state index >= 15 is 0 Å². The predicted octanol–water partition coefficient (Wildman–Crippen LogP) is 3.89. The number of Topliss-reactive ketones (excluding diaryl/α,β-unsaturated/α-hetero) is 1. The second-order valence-electron chi connectivity index (χ2n) is 7.18. The SMILES string of the molecule is CCC1CCC(=O)C(CN2CCC(C)(CC)CC2)C1. The minimum atomic E-state index is 0.338. The molecule has 0 spiro atoms. The third-order valence-electron chi connectivity index (χ3n) is 5.84. The number of hydrogen-bond donors (Lipinski definition) is 0. The molecule has 2 nitrogen and oxygen atoms in total. The summed E-state index contributed by atoms with van der Waals surface area (Å²) in [6, 6.07) is 0. The quantitative estimate of drug-likeness (QED) is 0.768. The summed E-state index contributed by atoms with van der Waals surface area (Å²) in [5, 5.41) is 0. The van der Waals surface area contributed by atoms with Crippen LogP contribution in [0.1, 0.15) is 65.7 Å². The van der Waals surface area contributed by atoms with E-state index in [0.717, 1.165) is 31.7 Å². The molecule has 2 unspecified atom stereocenters. The molecule has 2 rings (SSSR count). The number of carbonyl (C=O) groups is 1. The molecular formula is C17H31NO. The number of likely N-dealkylation sites (tertiary alicyclic amines) is 1. The number of nitrogens with zero attached hydrogens (tertiary/aromatic N) is 1. The fraction of sp³-hybridized carbons (Fsp3) is 0.941. The summed E-state index contributed by atoms with van der Waals surface area (Å²) in [6.45, 7) is 10.4. The van der Waals surface area contributed by atoms with Gasteiger partial charge in [0.05, 0.1) is 0 Å². The topological polar surface area (TPSA) is 20.3 Å². The van der Waals surface area contributed by atoms with E-state index in [-0.39, 0.29) is 0 Å². The highest BCUT2D eigenvalue weighted by Crippen LogP contribution is 2.35. The Kier molecular flexibility index (Phi) is 5.05. The molecule has 1 saturated heterocycles. The van der Waals surface area contributed by atoms with Crippen LogP contribution < -0.4 is 0 Å². The molecule has 0 radical (unpaired) electrons. The zero-order valence-electron chi connectivity index (χ0n) is 13.1. The van der Waals surface area contributed by atoms with E-state index < -0.39 is 0 Å². The normalized spacial score (nSPS) is 32.5. The second-order valence-corrected chi connectivity index (χ2v) is 7.18. The van der Waals surface area contributed by atoms with E-state index in [1.165, 1.54) is 38.8 Å². The van der Waals surface area contributed by atoms with Crippen molar-refractivity contribution >= 4 is 5.78 Å². The number of hydrogen-bond acceptors (Lipinski definition) is 2. The van der Waals surface area contributed by atoms with Gasteiger partial charge in [-0.25, -0.2) is 0 Å². The molecule has 1 aliphatic heterocycles. The van der Waals surface area contributed by atoms with Gasteiger partial charge in [0.2, 0.25) is 0 Å². The van der Waals surface area contributed by atoms with Gasteiger partial charge in [-0.2, -0.15) is 0 Å². The van der Waals surface area contributed by atoms with Crippen molar-refractivity contribution in [3.05, 3.63) is 0 Å². The van der Waals surface area contributed by atoms with Crippen LogP contribution in [0.3, 0.4) is 0 Å². The second kappa shape index (κ2) is 6.39. The minimum Gasteiger partial charge on any atom is -0.303 e. The number of piperidine rings is 1. The monoisotopic (exact) mass is 265 g/mol. The Labute approximate surface area is 118 Å². The standard InChI is InChI=1S/C17H31NO/c1-4-14-6-7-16(19)15(12-14)13-18-10-8-17(3,5-2)9-11-18/h14-15H,4-13H2,1-3H3. The third-order valence-corrected chi connectivity index (χ3v) is 5.84. The van der Waals surface area contributed by atoms with Gasteiger partial charge in [-0.3, -0.25) is 4.79 Å². The first-order chi connectivity index (χ1) is 9.06. The summed E-state index contributed by atoms with van der Waals surface area (Å²) in [5.41, 5.74) is 0.555. The van der Waals surface area contributed by atoms with Crippen molar-refractivity contribution in [1.29, 1.82) is 0 Å². The van der Waals surface area contributed by atoms with Gasteiger partial charge in [-0.05, 0) is 50.1 Å². The van der Waals surface area contributed by atoms with Gasteiger partial charge in [0.1, 0.15) is 5.78 Å². The molecule has 1 aliphatic carbocycles. The van der Waals surface area contributed by atoms with E-state index in [4.69, 9.17) is 0 Å². The summed E-state index contributed by atoms with van der Waals surface area (Å²) < 4.78 is 0. The van der Waals surface area contributed by atoms with Crippen LogP contribution in [0.5, 0.6) is 0 Å². The summed E-state index contributed by atoms with van der Waals surface area (Å²) in [6.07, 6.45) is 8.28. The summed E-state index contributed by atoms with van der Waals surface area (Å²) >= 11 is 0. The van der Waals surface area contributed by atoms with Gasteiger partial charge in [-0.1, -0.05) is 33.6 Å². The maximum absolute atomic E-state index is 12.1. The first-order valence-electron chi connectivity index (χ1n) is 8.31. The first-order valence-corrected chi connectivity index (χ1v) is 8.31. The molecule has 1 heterocycles. The molecule has 0 aromatic carbocycles. The van der Waals surface area contributed by atoms with Crippen LogP contribution >= 0.6 is 0 Å². The van der Waals surface area contributed by atoms with Crippen LogP contribution in [0, 0.1) is 17.3 Å². The van der Waals surface area contributed by atoms with E-state index in [0.29, 0.717) is 17.1 Å². The van der Waals surface area contributed by atoms with E-state index in [1.54, 1.807) is 0 Å². The fourth-order valence-corrected chi connectivity index (χ4v) is 3.69.